The van der Waals surface area contributed by atoms with Crippen LogP contribution < -0.4 is 10.4 Å². The number of amides is 1. The zero-order valence-electron chi connectivity index (χ0n) is 15.9. The fourth-order valence-electron chi connectivity index (χ4n) is 3.16. The van der Waals surface area contributed by atoms with E-state index in [-0.39, 0.29) is 12.3 Å². The second-order valence-corrected chi connectivity index (χ2v) is 6.89. The Morgan fingerprint density at radius 3 is 2.74 bits per heavy atom. The van der Waals surface area contributed by atoms with E-state index in [1.54, 1.807) is 11.0 Å². The highest BCUT2D eigenvalue weighted by molar-refractivity contribution is 5.82. The van der Waals surface area contributed by atoms with Crippen LogP contribution in [0, 0.1) is 6.92 Å². The average Bonchev–Trinajstić information content (AvgIpc) is 2.66. The SMILES string of the molecule is C=C(C)COc1ccc2c(C)c(CCC(=O)N3CCOCC3)c(=O)oc2c1. The largest absolute Gasteiger partial charge is 0.489 e. The zero-order chi connectivity index (χ0) is 19.4. The number of nitrogens with zero attached hydrogens (tertiary/aromatic N) is 1. The van der Waals surface area contributed by atoms with Gasteiger partial charge in [0, 0.05) is 36.5 Å². The number of carbonyl (C=O) groups is 1. The van der Waals surface area contributed by atoms with Crippen LogP contribution in [0.5, 0.6) is 5.75 Å². The maximum atomic E-state index is 12.5. The molecule has 6 heteroatoms. The minimum Gasteiger partial charge on any atom is -0.489 e. The van der Waals surface area contributed by atoms with E-state index >= 15 is 0 Å². The lowest BCUT2D eigenvalue weighted by Gasteiger charge is -2.26. The highest BCUT2D eigenvalue weighted by Crippen LogP contribution is 2.25. The molecule has 2 aromatic rings. The van der Waals surface area contributed by atoms with Gasteiger partial charge in [0.05, 0.1) is 13.2 Å². The molecule has 1 aromatic carbocycles. The topological polar surface area (TPSA) is 69.0 Å². The highest BCUT2D eigenvalue weighted by Gasteiger charge is 2.19. The molecular weight excluding hydrogens is 346 g/mol. The predicted octanol–water partition coefficient (Wildman–Crippen LogP) is 2.85. The van der Waals surface area contributed by atoms with E-state index in [4.69, 9.17) is 13.9 Å². The predicted molar refractivity (Wildman–Crippen MR) is 103 cm³/mol. The van der Waals surface area contributed by atoms with Crippen LogP contribution in [0.3, 0.4) is 0 Å². The van der Waals surface area contributed by atoms with Crippen LogP contribution in [0.2, 0.25) is 0 Å². The molecule has 3 rings (SSSR count). The van der Waals surface area contributed by atoms with E-state index in [1.807, 2.05) is 26.0 Å². The van der Waals surface area contributed by atoms with Gasteiger partial charge in [-0.05, 0) is 43.5 Å². The summed E-state index contributed by atoms with van der Waals surface area (Å²) in [6, 6.07) is 5.45. The molecule has 0 saturated carbocycles. The molecule has 1 aromatic heterocycles. The molecule has 0 unspecified atom stereocenters. The third-order valence-corrected chi connectivity index (χ3v) is 4.70. The molecule has 0 radical (unpaired) electrons. The highest BCUT2D eigenvalue weighted by atomic mass is 16.5. The number of hydrogen-bond donors (Lipinski definition) is 0. The number of fused-ring (bicyclic) bond motifs is 1. The molecule has 2 heterocycles. The van der Waals surface area contributed by atoms with Gasteiger partial charge in [-0.2, -0.15) is 0 Å². The number of aryl methyl sites for hydroxylation is 1. The fraction of sp³-hybridized carbons (Fsp3) is 0.429. The second-order valence-electron chi connectivity index (χ2n) is 6.89. The van der Waals surface area contributed by atoms with Crippen LogP contribution in [-0.2, 0) is 16.0 Å². The summed E-state index contributed by atoms with van der Waals surface area (Å²) in [6.45, 7) is 10.3. The van der Waals surface area contributed by atoms with Gasteiger partial charge in [-0.25, -0.2) is 4.79 Å². The summed E-state index contributed by atoms with van der Waals surface area (Å²) >= 11 is 0. The number of morpholine rings is 1. The molecular formula is C21H25NO5. The molecule has 6 nitrogen and oxygen atoms in total. The molecule has 1 saturated heterocycles. The van der Waals surface area contributed by atoms with Crippen molar-refractivity contribution in [1.29, 1.82) is 0 Å². The lowest BCUT2D eigenvalue weighted by atomic mass is 10.0. The van der Waals surface area contributed by atoms with Crippen LogP contribution in [0.1, 0.15) is 24.5 Å². The molecule has 1 amide bonds. The van der Waals surface area contributed by atoms with Crippen LogP contribution >= 0.6 is 0 Å². The van der Waals surface area contributed by atoms with Crippen LogP contribution in [-0.4, -0.2) is 43.7 Å². The van der Waals surface area contributed by atoms with Crippen molar-refractivity contribution in [2.75, 3.05) is 32.9 Å². The van der Waals surface area contributed by atoms with Gasteiger partial charge in [-0.1, -0.05) is 6.58 Å². The van der Waals surface area contributed by atoms with Crippen LogP contribution in [0.15, 0.2) is 39.6 Å². The Kier molecular flexibility index (Phi) is 5.96. The van der Waals surface area contributed by atoms with E-state index in [9.17, 15) is 9.59 Å². The normalized spacial score (nSPS) is 14.4. The van der Waals surface area contributed by atoms with E-state index in [1.165, 1.54) is 0 Å². The molecule has 1 aliphatic rings. The van der Waals surface area contributed by atoms with Crippen LogP contribution in [0.25, 0.3) is 11.0 Å². The Morgan fingerprint density at radius 2 is 2.04 bits per heavy atom. The van der Waals surface area contributed by atoms with Crippen LogP contribution in [0.4, 0.5) is 0 Å². The Hall–Kier alpha value is -2.60. The monoisotopic (exact) mass is 371 g/mol. The molecule has 0 bridgehead atoms. The van der Waals surface area contributed by atoms with Gasteiger partial charge >= 0.3 is 5.63 Å². The third kappa shape index (κ3) is 4.57. The van der Waals surface area contributed by atoms with Crippen molar-refractivity contribution < 1.29 is 18.7 Å². The Morgan fingerprint density at radius 1 is 1.30 bits per heavy atom. The minimum absolute atomic E-state index is 0.0424. The number of ether oxygens (including phenoxy) is 2. The molecule has 144 valence electrons. The van der Waals surface area contributed by atoms with Gasteiger partial charge in [0.15, 0.2) is 0 Å². The van der Waals surface area contributed by atoms with E-state index < -0.39 is 5.63 Å². The minimum atomic E-state index is -0.396. The van der Waals surface area contributed by atoms with Gasteiger partial charge in [-0.3, -0.25) is 4.79 Å². The van der Waals surface area contributed by atoms with Crippen molar-refractivity contribution in [1.82, 2.24) is 4.90 Å². The first-order chi connectivity index (χ1) is 13.0. The number of hydrogen-bond acceptors (Lipinski definition) is 5. The first-order valence-electron chi connectivity index (χ1n) is 9.14. The molecule has 0 N–H and O–H groups in total. The number of rotatable bonds is 6. The zero-order valence-corrected chi connectivity index (χ0v) is 15.9. The van der Waals surface area contributed by atoms with Gasteiger partial charge < -0.3 is 18.8 Å². The van der Waals surface area contributed by atoms with Crippen molar-refractivity contribution >= 4 is 16.9 Å². The molecule has 0 spiro atoms. The maximum absolute atomic E-state index is 12.5. The fourth-order valence-corrected chi connectivity index (χ4v) is 3.16. The lowest BCUT2D eigenvalue weighted by Crippen LogP contribution is -2.40. The van der Waals surface area contributed by atoms with Crippen molar-refractivity contribution in [3.63, 3.8) is 0 Å². The lowest BCUT2D eigenvalue weighted by molar-refractivity contribution is -0.135. The summed E-state index contributed by atoms with van der Waals surface area (Å²) in [6.07, 6.45) is 0.658. The van der Waals surface area contributed by atoms with E-state index in [2.05, 4.69) is 6.58 Å². The van der Waals surface area contributed by atoms with Crippen molar-refractivity contribution in [3.8, 4) is 5.75 Å². The van der Waals surface area contributed by atoms with Crippen molar-refractivity contribution in [2.45, 2.75) is 26.7 Å². The van der Waals surface area contributed by atoms with Gasteiger partial charge in [-0.15, -0.1) is 0 Å². The Bertz CT molecular complexity index is 909. The first-order valence-corrected chi connectivity index (χ1v) is 9.14. The van der Waals surface area contributed by atoms with Gasteiger partial charge in [0.25, 0.3) is 0 Å². The summed E-state index contributed by atoms with van der Waals surface area (Å²) in [4.78, 5) is 26.6. The van der Waals surface area contributed by atoms with E-state index in [0.717, 1.165) is 16.5 Å². The molecule has 1 aliphatic heterocycles. The Balaban J connectivity index is 1.77. The summed E-state index contributed by atoms with van der Waals surface area (Å²) in [5.74, 6) is 0.670. The second kappa shape index (κ2) is 8.39. The number of benzene rings is 1. The standard InChI is InChI=1S/C21H25NO5/c1-14(2)13-26-16-4-5-17-15(3)18(21(24)27-19(17)12-16)6-7-20(23)22-8-10-25-11-9-22/h4-5,12H,1,6-11,13H2,2-3H3. The smallest absolute Gasteiger partial charge is 0.339 e. The molecule has 0 aliphatic carbocycles. The molecule has 0 atom stereocenters. The van der Waals surface area contributed by atoms with Gasteiger partial charge in [0.1, 0.15) is 17.9 Å². The van der Waals surface area contributed by atoms with E-state index in [0.29, 0.717) is 56.2 Å². The van der Waals surface area contributed by atoms with Gasteiger partial charge in [0.2, 0.25) is 5.91 Å². The maximum Gasteiger partial charge on any atom is 0.339 e. The quantitative estimate of drug-likeness (QED) is 0.577. The summed E-state index contributed by atoms with van der Waals surface area (Å²) in [5, 5.41) is 0.853. The number of carbonyl (C=O) groups excluding carboxylic acids is 1. The third-order valence-electron chi connectivity index (χ3n) is 4.70. The summed E-state index contributed by atoms with van der Waals surface area (Å²) in [5.41, 5.74) is 2.40. The first kappa shape index (κ1) is 19.2. The van der Waals surface area contributed by atoms with Crippen molar-refractivity contribution in [3.05, 3.63) is 51.9 Å². The molecule has 27 heavy (non-hydrogen) atoms. The van der Waals surface area contributed by atoms with Crippen molar-refractivity contribution in [2.24, 2.45) is 0 Å². The summed E-state index contributed by atoms with van der Waals surface area (Å²) in [7, 11) is 0. The average molecular weight is 371 g/mol. The Labute approximate surface area is 158 Å². The molecule has 1 fully saturated rings. The summed E-state index contributed by atoms with van der Waals surface area (Å²) < 4.78 is 16.4.